The van der Waals surface area contributed by atoms with Crippen LogP contribution in [0.2, 0.25) is 0 Å². The minimum absolute atomic E-state index is 0.0620. The Labute approximate surface area is 163 Å². The van der Waals surface area contributed by atoms with Gasteiger partial charge in [-0.2, -0.15) is 0 Å². The molecule has 1 aromatic heterocycles. The summed E-state index contributed by atoms with van der Waals surface area (Å²) in [5, 5.41) is 14.7. The largest absolute Gasteiger partial charge is 0.389 e. The number of nitrogens with zero attached hydrogens (tertiary/aromatic N) is 4. The number of aliphatic hydroxyl groups excluding tert-OH is 1. The smallest absolute Gasteiger partial charge is 0.158 e. The molecule has 27 heavy (non-hydrogen) atoms. The van der Waals surface area contributed by atoms with E-state index in [-0.39, 0.29) is 6.61 Å². The third-order valence-corrected chi connectivity index (χ3v) is 6.08. The summed E-state index contributed by atoms with van der Waals surface area (Å²) >= 11 is 1.49. The Kier molecular flexibility index (Phi) is 5.40. The van der Waals surface area contributed by atoms with Gasteiger partial charge in [-0.05, 0) is 25.6 Å². The van der Waals surface area contributed by atoms with Gasteiger partial charge in [-0.15, -0.1) is 0 Å². The predicted octanol–water partition coefficient (Wildman–Crippen LogP) is 2.42. The van der Waals surface area contributed by atoms with Crippen molar-refractivity contribution in [2.45, 2.75) is 19.1 Å². The van der Waals surface area contributed by atoms with Gasteiger partial charge in [0.05, 0.1) is 18.0 Å². The molecule has 1 saturated heterocycles. The Morgan fingerprint density at radius 2 is 2.19 bits per heavy atom. The lowest BCUT2D eigenvalue weighted by molar-refractivity contribution is 0.100. The Bertz CT molecular complexity index is 837. The lowest BCUT2D eigenvalue weighted by Gasteiger charge is -2.40. The van der Waals surface area contributed by atoms with Crippen LogP contribution in [0.1, 0.15) is 17.1 Å². The Morgan fingerprint density at radius 3 is 3.00 bits per heavy atom. The molecule has 2 aliphatic heterocycles. The highest BCUT2D eigenvalue weighted by atomic mass is 32.1. The summed E-state index contributed by atoms with van der Waals surface area (Å²) in [5.41, 5.74) is 2.71. The molecule has 1 aromatic carbocycles. The van der Waals surface area contributed by atoms with Crippen molar-refractivity contribution >= 4 is 33.5 Å². The van der Waals surface area contributed by atoms with Gasteiger partial charge in [0.2, 0.25) is 0 Å². The fourth-order valence-corrected chi connectivity index (χ4v) is 4.39. The van der Waals surface area contributed by atoms with E-state index in [2.05, 4.69) is 27.1 Å². The maximum absolute atomic E-state index is 9.57. The molecule has 0 bridgehead atoms. The van der Waals surface area contributed by atoms with Gasteiger partial charge in [0.1, 0.15) is 15.7 Å². The third kappa shape index (κ3) is 3.70. The highest BCUT2D eigenvalue weighted by Gasteiger charge is 2.31. The molecule has 8 heteroatoms. The van der Waals surface area contributed by atoms with Gasteiger partial charge in [-0.25, -0.2) is 9.98 Å². The van der Waals surface area contributed by atoms with Crippen molar-refractivity contribution in [3.05, 3.63) is 35.0 Å². The van der Waals surface area contributed by atoms with Crippen LogP contribution in [0.3, 0.4) is 0 Å². The lowest BCUT2D eigenvalue weighted by atomic mass is 10.1. The van der Waals surface area contributed by atoms with Crippen molar-refractivity contribution < 1.29 is 9.84 Å². The van der Waals surface area contributed by atoms with Crippen molar-refractivity contribution in [1.82, 2.24) is 14.8 Å². The number of aromatic nitrogens is 1. The summed E-state index contributed by atoms with van der Waals surface area (Å²) in [7, 11) is 3.91. The van der Waals surface area contributed by atoms with Crippen molar-refractivity contribution in [1.29, 1.82) is 0 Å². The first kappa shape index (κ1) is 18.4. The zero-order valence-electron chi connectivity index (χ0n) is 15.7. The zero-order chi connectivity index (χ0) is 18.8. The predicted molar refractivity (Wildman–Crippen MR) is 108 cm³/mol. The average molecular weight is 388 g/mol. The number of anilines is 2. The van der Waals surface area contributed by atoms with Crippen LogP contribution < -0.4 is 5.32 Å². The molecular weight excluding hydrogens is 362 g/mol. The van der Waals surface area contributed by atoms with Crippen molar-refractivity contribution in [2.75, 3.05) is 45.7 Å². The highest BCUT2D eigenvalue weighted by Crippen LogP contribution is 2.38. The van der Waals surface area contributed by atoms with Crippen LogP contribution in [0.4, 0.5) is 16.4 Å². The van der Waals surface area contributed by atoms with E-state index in [4.69, 9.17) is 9.73 Å². The number of methoxy groups -OCH3 is 1. The molecule has 1 fully saturated rings. The van der Waals surface area contributed by atoms with E-state index in [9.17, 15) is 5.11 Å². The Balaban J connectivity index is 1.71. The number of thiazole rings is 1. The van der Waals surface area contributed by atoms with Gasteiger partial charge in [0.15, 0.2) is 5.84 Å². The number of piperazine rings is 1. The maximum atomic E-state index is 9.57. The van der Waals surface area contributed by atoms with Crippen molar-refractivity contribution in [3.63, 3.8) is 0 Å². The standard InChI is InChI=1S/C19H25N5O2S/c1-23-8-9-24(11-13(23)7-10-26-2)18-17-19(27-16(12-25)22-17)21-15-6-4-3-5-14(15)20-18/h3-6,13,21,25H,7-12H2,1-2H3. The summed E-state index contributed by atoms with van der Waals surface area (Å²) in [5.74, 6) is 0.883. The van der Waals surface area contributed by atoms with Crippen LogP contribution in [0, 0.1) is 0 Å². The minimum atomic E-state index is -0.0620. The van der Waals surface area contributed by atoms with E-state index >= 15 is 0 Å². The second kappa shape index (κ2) is 7.93. The van der Waals surface area contributed by atoms with Gasteiger partial charge >= 0.3 is 0 Å². The monoisotopic (exact) mass is 387 g/mol. The number of aliphatic hydroxyl groups is 1. The first-order valence-electron chi connectivity index (χ1n) is 9.19. The highest BCUT2D eigenvalue weighted by molar-refractivity contribution is 7.16. The molecule has 0 radical (unpaired) electrons. The second-order valence-electron chi connectivity index (χ2n) is 6.88. The number of amidine groups is 1. The molecule has 0 spiro atoms. The molecule has 0 amide bonds. The Hall–Kier alpha value is -2.00. The number of rotatable bonds is 4. The summed E-state index contributed by atoms with van der Waals surface area (Å²) in [6, 6.07) is 8.45. The topological polar surface area (TPSA) is 73.2 Å². The molecule has 144 valence electrons. The summed E-state index contributed by atoms with van der Waals surface area (Å²) in [6.45, 7) is 3.43. The zero-order valence-corrected chi connectivity index (χ0v) is 16.5. The average Bonchev–Trinajstić information content (AvgIpc) is 3.02. The lowest BCUT2D eigenvalue weighted by Crippen LogP contribution is -2.53. The number of aliphatic imine (C=N–C) groups is 1. The SMILES string of the molecule is COCCC1CN(C2=Nc3ccccc3Nc3sc(CO)nc32)CCN1C. The molecule has 2 N–H and O–H groups in total. The maximum Gasteiger partial charge on any atom is 0.158 e. The van der Waals surface area contributed by atoms with Crippen molar-refractivity contribution in [3.8, 4) is 0 Å². The molecule has 7 nitrogen and oxygen atoms in total. The molecular formula is C19H25N5O2S. The third-order valence-electron chi connectivity index (χ3n) is 5.13. The summed E-state index contributed by atoms with van der Waals surface area (Å²) < 4.78 is 5.29. The number of ether oxygens (including phenoxy) is 1. The molecule has 2 aromatic rings. The number of nitrogens with one attached hydrogen (secondary N) is 1. The fraction of sp³-hybridized carbons (Fsp3) is 0.474. The number of para-hydroxylation sites is 2. The van der Waals surface area contributed by atoms with Crippen LogP contribution >= 0.6 is 11.3 Å². The fourth-order valence-electron chi connectivity index (χ4n) is 3.56. The van der Waals surface area contributed by atoms with Crippen LogP contribution in [-0.2, 0) is 11.3 Å². The van der Waals surface area contributed by atoms with E-state index in [1.807, 2.05) is 24.3 Å². The van der Waals surface area contributed by atoms with E-state index in [1.54, 1.807) is 7.11 Å². The number of fused-ring (bicyclic) bond motifs is 2. The molecule has 1 unspecified atom stereocenters. The van der Waals surface area contributed by atoms with Crippen LogP contribution in [0.5, 0.6) is 0 Å². The van der Waals surface area contributed by atoms with Gasteiger partial charge in [0, 0.05) is 39.4 Å². The van der Waals surface area contributed by atoms with E-state index < -0.39 is 0 Å². The molecule has 1 atom stereocenters. The van der Waals surface area contributed by atoms with E-state index in [1.165, 1.54) is 11.3 Å². The number of benzene rings is 1. The quantitative estimate of drug-likeness (QED) is 0.839. The number of likely N-dealkylation sites (N-methyl/N-ethyl adjacent to an activating group) is 1. The van der Waals surface area contributed by atoms with Gasteiger partial charge < -0.3 is 20.1 Å². The molecule has 0 saturated carbocycles. The van der Waals surface area contributed by atoms with E-state index in [0.29, 0.717) is 11.0 Å². The normalized spacial score (nSPS) is 19.7. The van der Waals surface area contributed by atoms with Crippen molar-refractivity contribution in [2.24, 2.45) is 4.99 Å². The van der Waals surface area contributed by atoms with Crippen LogP contribution in [0.25, 0.3) is 0 Å². The van der Waals surface area contributed by atoms with Crippen LogP contribution in [-0.4, -0.2) is 72.2 Å². The second-order valence-corrected chi connectivity index (χ2v) is 7.97. The summed E-state index contributed by atoms with van der Waals surface area (Å²) in [6.07, 6.45) is 0.984. The van der Waals surface area contributed by atoms with Gasteiger partial charge in [-0.3, -0.25) is 4.90 Å². The first-order chi connectivity index (χ1) is 13.2. The minimum Gasteiger partial charge on any atom is -0.389 e. The molecule has 3 heterocycles. The van der Waals surface area contributed by atoms with Gasteiger partial charge in [0.25, 0.3) is 0 Å². The molecule has 4 rings (SSSR count). The Morgan fingerprint density at radius 1 is 1.33 bits per heavy atom. The molecule has 0 aliphatic carbocycles. The first-order valence-corrected chi connectivity index (χ1v) is 10.0. The van der Waals surface area contributed by atoms with E-state index in [0.717, 1.165) is 60.6 Å². The van der Waals surface area contributed by atoms with Crippen LogP contribution in [0.15, 0.2) is 29.3 Å². The molecule has 2 aliphatic rings. The summed E-state index contributed by atoms with van der Waals surface area (Å²) in [4.78, 5) is 14.4. The number of hydrogen-bond acceptors (Lipinski definition) is 8. The van der Waals surface area contributed by atoms with Gasteiger partial charge in [-0.1, -0.05) is 23.5 Å². The number of hydrogen-bond donors (Lipinski definition) is 2.